The van der Waals surface area contributed by atoms with E-state index < -0.39 is 22.5 Å². The molecule has 128 valence electrons. The van der Waals surface area contributed by atoms with Gasteiger partial charge in [0.05, 0.1) is 16.2 Å². The summed E-state index contributed by atoms with van der Waals surface area (Å²) in [4.78, 5) is 38.5. The number of ether oxygens (including phenoxy) is 1. The predicted molar refractivity (Wildman–Crippen MR) is 88.4 cm³/mol. The lowest BCUT2D eigenvalue weighted by Gasteiger charge is -2.32. The lowest BCUT2D eigenvalue weighted by Crippen LogP contribution is -2.35. The van der Waals surface area contributed by atoms with Gasteiger partial charge in [-0.3, -0.25) is 25.2 Å². The Hall–Kier alpha value is -3.49. The van der Waals surface area contributed by atoms with Gasteiger partial charge in [-0.1, -0.05) is 0 Å². The summed E-state index contributed by atoms with van der Waals surface area (Å²) in [6, 6.07) is 5.76. The monoisotopic (exact) mass is 342 g/mol. The Morgan fingerprint density at radius 1 is 1.40 bits per heavy atom. The van der Waals surface area contributed by atoms with E-state index in [2.05, 4.69) is 15.6 Å². The van der Waals surface area contributed by atoms with E-state index in [4.69, 9.17) is 4.74 Å². The number of carbonyl (C=O) groups is 2. The molecule has 1 aliphatic heterocycles. The molecule has 0 fully saturated rings. The number of pyridine rings is 1. The molecule has 0 spiro atoms. The second-order valence-corrected chi connectivity index (χ2v) is 5.89. The molecule has 0 saturated carbocycles. The number of nitrogens with zero attached hydrogens (tertiary/aromatic N) is 2. The minimum atomic E-state index is -0.999. The van der Waals surface area contributed by atoms with Gasteiger partial charge in [-0.15, -0.1) is 0 Å². The molecule has 9 heteroatoms. The summed E-state index contributed by atoms with van der Waals surface area (Å²) >= 11 is 0. The zero-order chi connectivity index (χ0) is 18.2. The molecule has 0 saturated heterocycles. The van der Waals surface area contributed by atoms with Crippen LogP contribution in [-0.4, -0.2) is 21.9 Å². The molecule has 2 N–H and O–H groups in total. The highest BCUT2D eigenvalue weighted by atomic mass is 16.6. The zero-order valence-corrected chi connectivity index (χ0v) is 13.4. The number of carbonyl (C=O) groups excluding carboxylic acids is 2. The van der Waals surface area contributed by atoms with Crippen molar-refractivity contribution in [2.75, 3.05) is 10.6 Å². The first-order chi connectivity index (χ1) is 11.8. The summed E-state index contributed by atoms with van der Waals surface area (Å²) in [5, 5.41) is 16.3. The average molecular weight is 342 g/mol. The summed E-state index contributed by atoms with van der Waals surface area (Å²) in [6.07, 6.45) is 2.17. The van der Waals surface area contributed by atoms with Crippen LogP contribution in [0, 0.1) is 10.1 Å². The Morgan fingerprint density at radius 3 is 2.80 bits per heavy atom. The van der Waals surface area contributed by atoms with Crippen molar-refractivity contribution in [2.45, 2.75) is 19.4 Å². The number of benzene rings is 1. The van der Waals surface area contributed by atoms with Crippen molar-refractivity contribution in [3.05, 3.63) is 57.9 Å². The Balaban J connectivity index is 2.05. The van der Waals surface area contributed by atoms with Gasteiger partial charge in [0.15, 0.2) is 0 Å². The number of hydrogen-bond acceptors (Lipinski definition) is 6. The highest BCUT2D eigenvalue weighted by Gasteiger charge is 2.36. The lowest BCUT2D eigenvalue weighted by atomic mass is 9.93. The molecule has 9 nitrogen and oxygen atoms in total. The number of rotatable bonds is 3. The topological polar surface area (TPSA) is 123 Å². The lowest BCUT2D eigenvalue weighted by molar-refractivity contribution is -0.383. The molecule has 0 unspecified atom stereocenters. The predicted octanol–water partition coefficient (Wildman–Crippen LogP) is 3.04. The second kappa shape index (κ2) is 5.86. The summed E-state index contributed by atoms with van der Waals surface area (Å²) in [5.74, 6) is -0.533. The highest BCUT2D eigenvalue weighted by Crippen LogP contribution is 2.41. The molecule has 1 aliphatic rings. The number of anilines is 2. The number of nitrogens with one attached hydrogen (secondary N) is 2. The molecule has 3 rings (SSSR count). The van der Waals surface area contributed by atoms with Crippen LogP contribution in [0.25, 0.3) is 0 Å². The largest absolute Gasteiger partial charge is 0.438 e. The van der Waals surface area contributed by atoms with Crippen LogP contribution in [0.1, 0.15) is 29.8 Å². The number of cyclic esters (lactones) is 1. The minimum absolute atomic E-state index is 0.00503. The molecule has 2 amide bonds. The molecular formula is C16H14N4O5. The fourth-order valence-corrected chi connectivity index (χ4v) is 2.55. The van der Waals surface area contributed by atoms with Crippen LogP contribution < -0.4 is 10.6 Å². The maximum atomic E-state index is 12.3. The molecule has 2 aromatic rings. The number of amides is 2. The Morgan fingerprint density at radius 2 is 2.16 bits per heavy atom. The van der Waals surface area contributed by atoms with E-state index in [0.29, 0.717) is 5.56 Å². The average Bonchev–Trinajstić information content (AvgIpc) is 2.54. The third-order valence-electron chi connectivity index (χ3n) is 3.74. The summed E-state index contributed by atoms with van der Waals surface area (Å²) in [7, 11) is 0. The van der Waals surface area contributed by atoms with Crippen LogP contribution >= 0.6 is 0 Å². The van der Waals surface area contributed by atoms with Gasteiger partial charge in [-0.25, -0.2) is 4.79 Å². The molecule has 0 aliphatic carbocycles. The van der Waals surface area contributed by atoms with Gasteiger partial charge in [0.25, 0.3) is 11.6 Å². The summed E-state index contributed by atoms with van der Waals surface area (Å²) < 4.78 is 5.20. The van der Waals surface area contributed by atoms with Crippen LogP contribution in [0.5, 0.6) is 0 Å². The SMILES string of the molecule is CC1(C)OC(=O)Nc2cc([N+](=O)[O-])c(NC(=O)c3cccnc3)cc21. The fourth-order valence-electron chi connectivity index (χ4n) is 2.55. The van der Waals surface area contributed by atoms with Gasteiger partial charge < -0.3 is 10.1 Å². The number of fused-ring (bicyclic) bond motifs is 1. The van der Waals surface area contributed by atoms with E-state index in [0.717, 1.165) is 0 Å². The molecule has 0 atom stereocenters. The van der Waals surface area contributed by atoms with Gasteiger partial charge in [-0.2, -0.15) is 0 Å². The molecular weight excluding hydrogens is 328 g/mol. The van der Waals surface area contributed by atoms with Crippen molar-refractivity contribution < 1.29 is 19.2 Å². The number of aromatic nitrogens is 1. The number of nitro groups is 1. The van der Waals surface area contributed by atoms with Crippen molar-refractivity contribution in [1.29, 1.82) is 0 Å². The molecule has 0 radical (unpaired) electrons. The maximum absolute atomic E-state index is 12.3. The first kappa shape index (κ1) is 16.4. The molecule has 25 heavy (non-hydrogen) atoms. The van der Waals surface area contributed by atoms with Gasteiger partial charge in [0, 0.05) is 24.0 Å². The Labute approximate surface area is 142 Å². The van der Waals surface area contributed by atoms with Gasteiger partial charge in [0.1, 0.15) is 11.3 Å². The maximum Gasteiger partial charge on any atom is 0.412 e. The summed E-state index contributed by atoms with van der Waals surface area (Å²) in [6.45, 7) is 3.31. The fraction of sp³-hybridized carbons (Fsp3) is 0.188. The van der Waals surface area contributed by atoms with Crippen molar-refractivity contribution in [2.24, 2.45) is 0 Å². The van der Waals surface area contributed by atoms with E-state index in [-0.39, 0.29) is 22.6 Å². The van der Waals surface area contributed by atoms with E-state index in [1.807, 2.05) is 0 Å². The third-order valence-corrected chi connectivity index (χ3v) is 3.74. The van der Waals surface area contributed by atoms with E-state index >= 15 is 0 Å². The van der Waals surface area contributed by atoms with Crippen LogP contribution in [-0.2, 0) is 10.3 Å². The van der Waals surface area contributed by atoms with Crippen LogP contribution in [0.3, 0.4) is 0 Å². The van der Waals surface area contributed by atoms with Crippen LogP contribution in [0.4, 0.5) is 21.9 Å². The molecule has 1 aromatic carbocycles. The molecule has 0 bridgehead atoms. The second-order valence-electron chi connectivity index (χ2n) is 5.89. The smallest absolute Gasteiger partial charge is 0.412 e. The van der Waals surface area contributed by atoms with Gasteiger partial charge in [-0.05, 0) is 32.0 Å². The van der Waals surface area contributed by atoms with Gasteiger partial charge >= 0.3 is 6.09 Å². The molecule has 1 aromatic heterocycles. The van der Waals surface area contributed by atoms with E-state index in [1.165, 1.54) is 24.5 Å². The highest BCUT2D eigenvalue weighted by molar-refractivity contribution is 6.05. The van der Waals surface area contributed by atoms with Crippen molar-refractivity contribution in [1.82, 2.24) is 4.98 Å². The third kappa shape index (κ3) is 3.11. The minimum Gasteiger partial charge on any atom is -0.438 e. The van der Waals surface area contributed by atoms with E-state index in [1.54, 1.807) is 26.0 Å². The standard InChI is InChI=1S/C16H14N4O5/c1-16(2)10-6-12(18-14(21)9-4-3-5-17-8-9)13(20(23)24)7-11(10)19-15(22)25-16/h3-8H,1-2H3,(H,18,21)(H,19,22). The summed E-state index contributed by atoms with van der Waals surface area (Å²) in [5.41, 5.74) is -0.287. The number of nitro benzene ring substituents is 1. The molecule has 2 heterocycles. The first-order valence-electron chi connectivity index (χ1n) is 7.32. The van der Waals surface area contributed by atoms with Crippen molar-refractivity contribution in [3.8, 4) is 0 Å². The zero-order valence-electron chi connectivity index (χ0n) is 13.4. The van der Waals surface area contributed by atoms with Crippen LogP contribution in [0.15, 0.2) is 36.7 Å². The van der Waals surface area contributed by atoms with Crippen LogP contribution in [0.2, 0.25) is 0 Å². The van der Waals surface area contributed by atoms with Crippen molar-refractivity contribution in [3.63, 3.8) is 0 Å². The quantitative estimate of drug-likeness (QED) is 0.652. The van der Waals surface area contributed by atoms with Crippen molar-refractivity contribution >= 4 is 29.1 Å². The van der Waals surface area contributed by atoms with Gasteiger partial charge in [0.2, 0.25) is 0 Å². The van der Waals surface area contributed by atoms with E-state index in [9.17, 15) is 19.7 Å². The normalized spacial score (nSPS) is 14.7. The Bertz CT molecular complexity index is 880. The number of hydrogen-bond donors (Lipinski definition) is 2. The first-order valence-corrected chi connectivity index (χ1v) is 7.32. The Kier molecular flexibility index (Phi) is 3.84.